The van der Waals surface area contributed by atoms with Crippen molar-refractivity contribution in [3.63, 3.8) is 0 Å². The van der Waals surface area contributed by atoms with E-state index in [0.29, 0.717) is 19.6 Å². The van der Waals surface area contributed by atoms with Crippen LogP contribution in [0.25, 0.3) is 10.9 Å². The first-order valence-electron chi connectivity index (χ1n) is 11.8. The summed E-state index contributed by atoms with van der Waals surface area (Å²) in [6.07, 6.45) is 4.02. The number of piperidine rings is 1. The molecular weight excluding hydrogens is 406 g/mol. The standard InChI is InChI=1S/C24H33N5O3/c1-3-32-19-7-8-21-20(16-19)17(2)26-24(27-21)29-14-9-18(10-15-29)23(31)25-11-5-13-28-12-4-6-22(28)30/h7-8,16,18H,3-6,9-15H2,1-2H3,(H,25,31). The van der Waals surface area contributed by atoms with E-state index in [-0.39, 0.29) is 17.7 Å². The number of carbonyl (C=O) groups is 2. The van der Waals surface area contributed by atoms with Gasteiger partial charge in [0.05, 0.1) is 17.8 Å². The molecular formula is C24H33N5O3. The average molecular weight is 440 g/mol. The lowest BCUT2D eigenvalue weighted by Gasteiger charge is -2.31. The maximum Gasteiger partial charge on any atom is 0.226 e. The molecule has 0 bridgehead atoms. The molecule has 2 fully saturated rings. The quantitative estimate of drug-likeness (QED) is 0.637. The molecule has 2 saturated heterocycles. The van der Waals surface area contributed by atoms with Gasteiger partial charge in [0, 0.05) is 50.4 Å². The molecule has 0 unspecified atom stereocenters. The molecule has 0 saturated carbocycles. The Balaban J connectivity index is 1.27. The van der Waals surface area contributed by atoms with Gasteiger partial charge in [-0.25, -0.2) is 9.97 Å². The first kappa shape index (κ1) is 22.3. The van der Waals surface area contributed by atoms with E-state index < -0.39 is 0 Å². The molecule has 2 aromatic rings. The topological polar surface area (TPSA) is 87.7 Å². The number of carbonyl (C=O) groups excluding carboxylic acids is 2. The summed E-state index contributed by atoms with van der Waals surface area (Å²) in [6.45, 7) is 8.35. The third-order valence-corrected chi connectivity index (χ3v) is 6.38. The number of ether oxygens (including phenoxy) is 1. The molecule has 2 aliphatic heterocycles. The summed E-state index contributed by atoms with van der Waals surface area (Å²) in [5, 5.41) is 4.06. The first-order valence-corrected chi connectivity index (χ1v) is 11.8. The van der Waals surface area contributed by atoms with Crippen LogP contribution in [0.1, 0.15) is 44.7 Å². The van der Waals surface area contributed by atoms with E-state index in [9.17, 15) is 9.59 Å². The van der Waals surface area contributed by atoms with Crippen molar-refractivity contribution in [1.82, 2.24) is 20.2 Å². The van der Waals surface area contributed by atoms with Gasteiger partial charge >= 0.3 is 0 Å². The summed E-state index contributed by atoms with van der Waals surface area (Å²) in [5.41, 5.74) is 1.84. The first-order chi connectivity index (χ1) is 15.5. The molecule has 32 heavy (non-hydrogen) atoms. The third kappa shape index (κ3) is 5.11. The summed E-state index contributed by atoms with van der Waals surface area (Å²) < 4.78 is 5.59. The van der Waals surface area contributed by atoms with Crippen molar-refractivity contribution in [1.29, 1.82) is 0 Å². The fourth-order valence-corrected chi connectivity index (χ4v) is 4.55. The number of aryl methyl sites for hydroxylation is 1. The van der Waals surface area contributed by atoms with Crippen molar-refractivity contribution in [3.05, 3.63) is 23.9 Å². The van der Waals surface area contributed by atoms with Crippen LogP contribution >= 0.6 is 0 Å². The van der Waals surface area contributed by atoms with Crippen LogP contribution in [0.3, 0.4) is 0 Å². The number of hydrogen-bond acceptors (Lipinski definition) is 6. The second-order valence-electron chi connectivity index (χ2n) is 8.61. The van der Waals surface area contributed by atoms with Crippen LogP contribution in [-0.4, -0.2) is 66.0 Å². The lowest BCUT2D eigenvalue weighted by molar-refractivity contribution is -0.127. The lowest BCUT2D eigenvalue weighted by atomic mass is 9.96. The highest BCUT2D eigenvalue weighted by atomic mass is 16.5. The maximum absolute atomic E-state index is 12.6. The molecule has 1 aromatic heterocycles. The number of hydrogen-bond donors (Lipinski definition) is 1. The SMILES string of the molecule is CCOc1ccc2nc(N3CCC(C(=O)NCCCN4CCCC4=O)CC3)nc(C)c2c1. The number of fused-ring (bicyclic) bond motifs is 1. The van der Waals surface area contributed by atoms with Gasteiger partial charge in [0.2, 0.25) is 17.8 Å². The predicted octanol–water partition coefficient (Wildman–Crippen LogP) is 2.68. The molecule has 172 valence electrons. The Labute approximate surface area is 189 Å². The smallest absolute Gasteiger partial charge is 0.226 e. The van der Waals surface area contributed by atoms with Crippen molar-refractivity contribution in [2.45, 2.75) is 46.0 Å². The minimum absolute atomic E-state index is 0.0231. The number of benzene rings is 1. The van der Waals surface area contributed by atoms with E-state index in [1.807, 2.05) is 36.9 Å². The minimum atomic E-state index is 0.0231. The van der Waals surface area contributed by atoms with Crippen molar-refractivity contribution < 1.29 is 14.3 Å². The van der Waals surface area contributed by atoms with E-state index in [0.717, 1.165) is 80.2 Å². The maximum atomic E-state index is 12.6. The Morgan fingerprint density at radius 2 is 2.03 bits per heavy atom. The number of rotatable bonds is 8. The van der Waals surface area contributed by atoms with E-state index in [1.54, 1.807) is 0 Å². The molecule has 2 aliphatic rings. The van der Waals surface area contributed by atoms with Crippen molar-refractivity contribution >= 4 is 28.7 Å². The third-order valence-electron chi connectivity index (χ3n) is 6.38. The molecule has 0 aliphatic carbocycles. The van der Waals surface area contributed by atoms with Gasteiger partial charge in [-0.3, -0.25) is 9.59 Å². The van der Waals surface area contributed by atoms with Gasteiger partial charge in [0.25, 0.3) is 0 Å². The lowest BCUT2D eigenvalue weighted by Crippen LogP contribution is -2.41. The van der Waals surface area contributed by atoms with Crippen LogP contribution in [0, 0.1) is 12.8 Å². The zero-order valence-electron chi connectivity index (χ0n) is 19.1. The van der Waals surface area contributed by atoms with E-state index in [4.69, 9.17) is 14.7 Å². The molecule has 2 amide bonds. The number of anilines is 1. The fraction of sp³-hybridized carbons (Fsp3) is 0.583. The number of amides is 2. The number of nitrogens with zero attached hydrogens (tertiary/aromatic N) is 4. The number of aromatic nitrogens is 2. The predicted molar refractivity (Wildman–Crippen MR) is 124 cm³/mol. The minimum Gasteiger partial charge on any atom is -0.494 e. The van der Waals surface area contributed by atoms with Crippen molar-refractivity contribution in [3.8, 4) is 5.75 Å². The Morgan fingerprint density at radius 1 is 1.22 bits per heavy atom. The van der Waals surface area contributed by atoms with Gasteiger partial charge in [-0.2, -0.15) is 0 Å². The van der Waals surface area contributed by atoms with Crippen LogP contribution in [-0.2, 0) is 9.59 Å². The number of nitrogens with one attached hydrogen (secondary N) is 1. The van der Waals surface area contributed by atoms with Crippen LogP contribution < -0.4 is 15.0 Å². The Hall–Kier alpha value is -2.90. The van der Waals surface area contributed by atoms with Crippen LogP contribution in [0.5, 0.6) is 5.75 Å². The van der Waals surface area contributed by atoms with Gasteiger partial charge < -0.3 is 19.9 Å². The molecule has 8 nitrogen and oxygen atoms in total. The highest BCUT2D eigenvalue weighted by Crippen LogP contribution is 2.26. The zero-order valence-corrected chi connectivity index (χ0v) is 19.1. The van der Waals surface area contributed by atoms with Crippen LogP contribution in [0.2, 0.25) is 0 Å². The largest absolute Gasteiger partial charge is 0.494 e. The monoisotopic (exact) mass is 439 g/mol. The van der Waals surface area contributed by atoms with Gasteiger partial charge in [-0.05, 0) is 57.7 Å². The van der Waals surface area contributed by atoms with Gasteiger partial charge in [0.1, 0.15) is 5.75 Å². The molecule has 0 radical (unpaired) electrons. The van der Waals surface area contributed by atoms with Gasteiger partial charge in [-0.15, -0.1) is 0 Å². The molecule has 1 N–H and O–H groups in total. The summed E-state index contributed by atoms with van der Waals surface area (Å²) in [7, 11) is 0. The second kappa shape index (κ2) is 10.1. The highest BCUT2D eigenvalue weighted by Gasteiger charge is 2.26. The average Bonchev–Trinajstić information content (AvgIpc) is 3.21. The zero-order chi connectivity index (χ0) is 22.5. The summed E-state index contributed by atoms with van der Waals surface area (Å²) in [6, 6.07) is 5.92. The molecule has 8 heteroatoms. The van der Waals surface area contributed by atoms with Gasteiger partial charge in [-0.1, -0.05) is 0 Å². The van der Waals surface area contributed by atoms with Gasteiger partial charge in [0.15, 0.2) is 0 Å². The molecule has 0 spiro atoms. The molecule has 1 aromatic carbocycles. The van der Waals surface area contributed by atoms with Crippen molar-refractivity contribution in [2.75, 3.05) is 44.2 Å². The van der Waals surface area contributed by atoms with Crippen LogP contribution in [0.15, 0.2) is 18.2 Å². The van der Waals surface area contributed by atoms with Crippen LogP contribution in [0.4, 0.5) is 5.95 Å². The van der Waals surface area contributed by atoms with E-state index in [1.165, 1.54) is 0 Å². The summed E-state index contributed by atoms with van der Waals surface area (Å²) >= 11 is 0. The van der Waals surface area contributed by atoms with E-state index >= 15 is 0 Å². The normalized spacial score (nSPS) is 17.2. The molecule has 4 rings (SSSR count). The highest BCUT2D eigenvalue weighted by molar-refractivity contribution is 5.83. The Morgan fingerprint density at radius 3 is 2.75 bits per heavy atom. The van der Waals surface area contributed by atoms with Crippen molar-refractivity contribution in [2.24, 2.45) is 5.92 Å². The van der Waals surface area contributed by atoms with E-state index in [2.05, 4.69) is 10.2 Å². The Kier molecular flexibility index (Phi) is 7.07. The summed E-state index contributed by atoms with van der Waals surface area (Å²) in [4.78, 5) is 37.8. The fourth-order valence-electron chi connectivity index (χ4n) is 4.55. The summed E-state index contributed by atoms with van der Waals surface area (Å²) in [5.74, 6) is 1.95. The Bertz CT molecular complexity index is 972. The molecule has 0 atom stereocenters. The molecule has 3 heterocycles. The second-order valence-corrected chi connectivity index (χ2v) is 8.61. The number of likely N-dealkylation sites (tertiary alicyclic amines) is 1.